The van der Waals surface area contributed by atoms with Crippen LogP contribution in [0, 0.1) is 189 Å². The van der Waals surface area contributed by atoms with Gasteiger partial charge in [0.2, 0.25) is 0 Å². The van der Waals surface area contributed by atoms with Gasteiger partial charge in [-0.2, -0.15) is 0 Å². The van der Waals surface area contributed by atoms with Crippen molar-refractivity contribution in [2.75, 3.05) is 27.1 Å². The number of ether oxygens (including phenoxy) is 7. The van der Waals surface area contributed by atoms with Crippen molar-refractivity contribution in [1.82, 2.24) is 0 Å². The molecule has 0 radical (unpaired) electrons. The molecule has 36 atom stereocenters. The number of hydrogen-bond acceptors (Lipinski definition) is 13. The molecule has 4 aliphatic heterocycles. The van der Waals surface area contributed by atoms with E-state index in [0.29, 0.717) is 48.7 Å². The van der Waals surface area contributed by atoms with Gasteiger partial charge in [0.1, 0.15) is 5.60 Å². The predicted octanol–water partition coefficient (Wildman–Crippen LogP) is 18.6. The number of carboxylic acids is 2. The minimum atomic E-state index is -0.522. The van der Waals surface area contributed by atoms with Gasteiger partial charge in [0.05, 0.1) is 73.1 Å². The maximum Gasteiger partial charge on any atom is 0.312 e. The van der Waals surface area contributed by atoms with Crippen molar-refractivity contribution < 1.29 is 72.1 Å². The van der Waals surface area contributed by atoms with Crippen molar-refractivity contribution in [2.45, 2.75) is 306 Å². The zero-order valence-electron chi connectivity index (χ0n) is 67.1. The summed E-state index contributed by atoms with van der Waals surface area (Å²) in [7, 11) is 1.57. The number of rotatable bonds is 20. The van der Waals surface area contributed by atoms with Crippen LogP contribution >= 0.6 is 0 Å². The van der Waals surface area contributed by atoms with Gasteiger partial charge in [-0.1, -0.05) is 141 Å². The van der Waals surface area contributed by atoms with E-state index in [0.717, 1.165) is 189 Å². The number of fused-ring (bicyclic) bond motifs is 22. The van der Waals surface area contributed by atoms with Crippen LogP contribution in [0.15, 0.2) is 0 Å². The summed E-state index contributed by atoms with van der Waals surface area (Å²) in [5.41, 5.74) is -0.107. The molecule has 17 fully saturated rings. The van der Waals surface area contributed by atoms with Crippen molar-refractivity contribution in [3.8, 4) is 0 Å². The molecular weight excluding hydrogens is 1310 g/mol. The number of carbonyl (C=O) groups excluding carboxylic acids is 4. The van der Waals surface area contributed by atoms with Crippen LogP contribution in [0.4, 0.5) is 0 Å². The van der Waals surface area contributed by atoms with E-state index in [-0.39, 0.29) is 96.2 Å². The Bertz CT molecular complexity index is 2780. The summed E-state index contributed by atoms with van der Waals surface area (Å²) < 4.78 is 38.0. The lowest BCUT2D eigenvalue weighted by Gasteiger charge is -2.37. The zero-order chi connectivity index (χ0) is 74.3. The van der Waals surface area contributed by atoms with Crippen molar-refractivity contribution in [3.05, 3.63) is 0 Å². The molecule has 0 aromatic carbocycles. The van der Waals surface area contributed by atoms with Crippen LogP contribution in [0.3, 0.4) is 0 Å². The number of cyclic esters (lactones) is 2. The Morgan fingerprint density at radius 1 is 0.375 bits per heavy atom. The summed E-state index contributed by atoms with van der Waals surface area (Å²) in [5, 5.41) is 18.7. The monoisotopic (exact) mass is 1450 g/mol. The number of aliphatic carboxylic acids is 2. The Balaban J connectivity index is 0.000000119. The fourth-order valence-corrected chi connectivity index (χ4v) is 29.7. The molecule has 15 nitrogen and oxygen atoms in total. The first-order valence-corrected chi connectivity index (χ1v) is 44.2. The topological polar surface area (TPSA) is 207 Å². The average molecular weight is 1450 g/mol. The van der Waals surface area contributed by atoms with E-state index < -0.39 is 11.9 Å². The van der Waals surface area contributed by atoms with Crippen molar-refractivity contribution in [1.29, 1.82) is 0 Å². The Morgan fingerprint density at radius 3 is 0.962 bits per heavy atom. The molecule has 8 bridgehead atoms. The van der Waals surface area contributed by atoms with Crippen LogP contribution in [0.2, 0.25) is 0 Å². The molecule has 2 N–H and O–H groups in total. The third-order valence-electron chi connectivity index (χ3n) is 33.9. The number of carbonyl (C=O) groups is 6. The van der Waals surface area contributed by atoms with Gasteiger partial charge in [-0.05, 0) is 277 Å². The Labute approximate surface area is 627 Å². The molecule has 4 heterocycles. The van der Waals surface area contributed by atoms with Crippen LogP contribution in [0.25, 0.3) is 0 Å². The Hall–Kier alpha value is -3.30. The highest BCUT2D eigenvalue weighted by Crippen LogP contribution is 2.70. The first-order valence-electron chi connectivity index (χ1n) is 44.2. The number of hydrogen-bond donors (Lipinski definition) is 2. The van der Waals surface area contributed by atoms with E-state index in [9.17, 15) is 39.0 Å². The zero-order valence-corrected chi connectivity index (χ0v) is 67.1. The maximum atomic E-state index is 13.1. The lowest BCUT2D eigenvalue weighted by atomic mass is 9.70. The van der Waals surface area contributed by atoms with Gasteiger partial charge in [-0.25, -0.2) is 0 Å². The molecule has 13 aliphatic carbocycles. The quantitative estimate of drug-likeness (QED) is 0.0660. The standard InChI is InChI=1S/C22H36O2.C17H28O3.2C15H24O2.2C10H16O3/c1-4-14-11-15(5-2)20-17-12-16(19(14)20)13-18(17)21(23)24-22(6-3)9-7-8-10-22;1-4-10-6-11(5-2)16-13-7-12(15(10)16)8-14(13)17(18)20-9-19-3;2*1-3-8-5-9(4-2)14-11-6-10(13(8)14)7-12(11)15(16)17;2*1-3-7-6-5-12-10(11)9(6)8(4-2)13-7/h14-20H,4-13H2,1-3H3;10-16H,4-9H2,1-3H3;2*8-14H,3-7H2,1-2H3,(H,16,17);2*6-9H,3-5H2,1-2H3. The molecule has 0 amide bonds. The first kappa shape index (κ1) is 80.2. The molecule has 13 saturated carbocycles. The third kappa shape index (κ3) is 14.9. The van der Waals surface area contributed by atoms with Crippen LogP contribution in [0.1, 0.15) is 276 Å². The minimum absolute atomic E-state index is 0.00685. The first-order chi connectivity index (χ1) is 50.2. The lowest BCUT2D eigenvalue weighted by molar-refractivity contribution is -0.168. The fourth-order valence-electron chi connectivity index (χ4n) is 29.7. The largest absolute Gasteiger partial charge is 0.481 e. The van der Waals surface area contributed by atoms with Crippen LogP contribution in [0.5, 0.6) is 0 Å². The molecule has 17 aliphatic rings. The summed E-state index contributed by atoms with van der Waals surface area (Å²) >= 11 is 0. The van der Waals surface area contributed by atoms with Crippen LogP contribution in [-0.2, 0) is 61.9 Å². The minimum Gasteiger partial charge on any atom is -0.481 e. The van der Waals surface area contributed by atoms with Gasteiger partial charge in [0.15, 0.2) is 6.79 Å². The SMILES string of the molecule is CCC1CC(CC)C2C3CC(CC3C(=O)O)C12.CCC1CC(CC)C2C3CC(CC3C(=O)O)C12.CCC1CC(CC)C2C3CC(CC3C(=O)OC3(CC)CCCC3)C12.CCC1CC(CC)C2C3CC(CC3C(=O)OCOC)C12.CCC1OC(CC)C2C(=O)OCC12.CCC1OC(CC)C2C(=O)OCC12. The molecule has 15 heteroatoms. The number of methoxy groups -OCH3 is 1. The van der Waals surface area contributed by atoms with Crippen molar-refractivity contribution in [3.63, 3.8) is 0 Å². The second kappa shape index (κ2) is 34.5. The predicted molar refractivity (Wildman–Crippen MR) is 401 cm³/mol. The highest BCUT2D eigenvalue weighted by Gasteiger charge is 2.66. The van der Waals surface area contributed by atoms with E-state index >= 15 is 0 Å². The molecule has 4 saturated heterocycles. The lowest BCUT2D eigenvalue weighted by Crippen LogP contribution is -2.39. The van der Waals surface area contributed by atoms with E-state index in [1.165, 1.54) is 116 Å². The van der Waals surface area contributed by atoms with Gasteiger partial charge >= 0.3 is 35.8 Å². The molecule has 0 aromatic rings. The third-order valence-corrected chi connectivity index (χ3v) is 33.9. The Morgan fingerprint density at radius 2 is 0.673 bits per heavy atom. The highest BCUT2D eigenvalue weighted by atomic mass is 16.7. The van der Waals surface area contributed by atoms with Crippen molar-refractivity contribution >= 4 is 35.8 Å². The van der Waals surface area contributed by atoms with Gasteiger partial charge in [0.25, 0.3) is 0 Å². The van der Waals surface area contributed by atoms with Gasteiger partial charge in [0, 0.05) is 18.9 Å². The highest BCUT2D eigenvalue weighted by molar-refractivity contribution is 5.77. The Kier molecular flexibility index (Phi) is 26.6. The van der Waals surface area contributed by atoms with E-state index in [2.05, 4.69) is 90.0 Å². The summed E-state index contributed by atoms with van der Waals surface area (Å²) in [6, 6.07) is 0. The van der Waals surface area contributed by atoms with E-state index in [1.54, 1.807) is 7.11 Å². The number of esters is 4. The van der Waals surface area contributed by atoms with E-state index in [4.69, 9.17) is 33.2 Å². The molecule has 0 aromatic heterocycles. The van der Waals surface area contributed by atoms with Crippen LogP contribution < -0.4 is 0 Å². The molecule has 590 valence electrons. The normalized spacial score (nSPS) is 47.1. The molecule has 36 unspecified atom stereocenters. The molecule has 17 rings (SSSR count). The molecule has 0 spiro atoms. The van der Waals surface area contributed by atoms with Gasteiger partial charge < -0.3 is 43.4 Å². The summed E-state index contributed by atoms with van der Waals surface area (Å²) in [6.45, 7) is 30.4. The number of carboxylic acid groups (broad SMARTS) is 2. The fraction of sp³-hybridized carbons (Fsp3) is 0.933. The van der Waals surface area contributed by atoms with Crippen LogP contribution in [-0.4, -0.2) is 103 Å². The average Bonchev–Trinajstić information content (AvgIpc) is 1.58. The molecule has 104 heavy (non-hydrogen) atoms. The summed E-state index contributed by atoms with van der Waals surface area (Å²) in [4.78, 5) is 70.7. The molecular formula is C89H144O15. The summed E-state index contributed by atoms with van der Waals surface area (Å²) in [5.74, 6) is 19.2. The van der Waals surface area contributed by atoms with Crippen molar-refractivity contribution in [2.24, 2.45) is 189 Å². The second-order valence-corrected chi connectivity index (χ2v) is 37.3. The van der Waals surface area contributed by atoms with Gasteiger partial charge in [-0.15, -0.1) is 0 Å². The second-order valence-electron chi connectivity index (χ2n) is 37.3. The van der Waals surface area contributed by atoms with E-state index in [1.807, 2.05) is 0 Å². The maximum absolute atomic E-state index is 13.1. The summed E-state index contributed by atoms with van der Waals surface area (Å²) in [6.07, 6.45) is 35.3. The van der Waals surface area contributed by atoms with Gasteiger partial charge in [-0.3, -0.25) is 28.8 Å². The smallest absolute Gasteiger partial charge is 0.312 e.